The van der Waals surface area contributed by atoms with Crippen molar-refractivity contribution in [2.24, 2.45) is 5.41 Å². The van der Waals surface area contributed by atoms with Crippen molar-refractivity contribution >= 4 is 16.0 Å². The van der Waals surface area contributed by atoms with E-state index in [-0.39, 0.29) is 35.8 Å². The van der Waals surface area contributed by atoms with E-state index in [0.29, 0.717) is 31.6 Å². The van der Waals surface area contributed by atoms with Gasteiger partial charge in [0, 0.05) is 19.7 Å². The Morgan fingerprint density at radius 1 is 1.29 bits per heavy atom. The van der Waals surface area contributed by atoms with E-state index >= 15 is 0 Å². The van der Waals surface area contributed by atoms with Gasteiger partial charge in [0.15, 0.2) is 5.76 Å². The van der Waals surface area contributed by atoms with Crippen LogP contribution in [0.3, 0.4) is 0 Å². The summed E-state index contributed by atoms with van der Waals surface area (Å²) in [5, 5.41) is 3.76. The lowest BCUT2D eigenvalue weighted by Gasteiger charge is -2.41. The number of rotatable bonds is 6. The van der Waals surface area contributed by atoms with Gasteiger partial charge in [-0.2, -0.15) is 4.31 Å². The average molecular weight is 415 g/mol. The van der Waals surface area contributed by atoms with Gasteiger partial charge in [0.1, 0.15) is 10.6 Å². The minimum Gasteiger partial charge on any atom is -0.466 e. The van der Waals surface area contributed by atoms with Crippen molar-refractivity contribution in [3.8, 4) is 0 Å². The van der Waals surface area contributed by atoms with Crippen molar-refractivity contribution in [3.05, 3.63) is 11.5 Å². The molecular formula is C19H30N2O6S. The summed E-state index contributed by atoms with van der Waals surface area (Å²) in [6.45, 7) is 6.57. The van der Waals surface area contributed by atoms with E-state index < -0.39 is 15.4 Å². The molecule has 2 fully saturated rings. The van der Waals surface area contributed by atoms with Crippen LogP contribution in [0.2, 0.25) is 0 Å². The zero-order valence-corrected chi connectivity index (χ0v) is 17.7. The van der Waals surface area contributed by atoms with Crippen LogP contribution in [0.15, 0.2) is 9.42 Å². The molecule has 0 saturated carbocycles. The van der Waals surface area contributed by atoms with Crippen LogP contribution in [0.25, 0.3) is 0 Å². The van der Waals surface area contributed by atoms with Crippen molar-refractivity contribution in [2.75, 3.05) is 26.3 Å². The molecule has 2 saturated heterocycles. The van der Waals surface area contributed by atoms with Crippen molar-refractivity contribution in [1.82, 2.24) is 9.46 Å². The van der Waals surface area contributed by atoms with Gasteiger partial charge >= 0.3 is 5.97 Å². The molecule has 0 aliphatic carbocycles. The molecule has 0 spiro atoms. The second-order valence-corrected chi connectivity index (χ2v) is 9.63. The Morgan fingerprint density at radius 2 is 2.00 bits per heavy atom. The minimum absolute atomic E-state index is 0.0314. The number of carbonyl (C=O) groups is 1. The summed E-state index contributed by atoms with van der Waals surface area (Å²) in [6, 6.07) is 0. The molecule has 0 bridgehead atoms. The third-order valence-corrected chi connectivity index (χ3v) is 7.99. The number of hydrogen-bond donors (Lipinski definition) is 0. The molecule has 1 atom stereocenters. The summed E-state index contributed by atoms with van der Waals surface area (Å²) in [5.41, 5.74) is -0.335. The molecule has 0 amide bonds. The molecule has 9 heteroatoms. The number of sulfonamides is 1. The number of nitrogens with zero attached hydrogens (tertiary/aromatic N) is 2. The predicted molar refractivity (Wildman–Crippen MR) is 101 cm³/mol. The standard InChI is InChI=1S/C19H30N2O6S/c1-4-25-18(22)19(13-16-7-5-6-12-26-16)8-10-21(11-9-19)28(23,24)17-14(2)20-27-15(17)3/h16H,4-13H2,1-3H3/t16-/m1/s1. The minimum atomic E-state index is -3.71. The molecule has 158 valence electrons. The molecule has 0 radical (unpaired) electrons. The van der Waals surface area contributed by atoms with Crippen LogP contribution in [0.1, 0.15) is 56.9 Å². The van der Waals surface area contributed by atoms with Crippen molar-refractivity contribution in [3.63, 3.8) is 0 Å². The van der Waals surface area contributed by atoms with E-state index in [2.05, 4.69) is 5.16 Å². The number of piperidine rings is 1. The summed E-state index contributed by atoms with van der Waals surface area (Å²) < 4.78 is 43.8. The zero-order valence-electron chi connectivity index (χ0n) is 16.9. The monoisotopic (exact) mass is 414 g/mol. The lowest BCUT2D eigenvalue weighted by molar-refractivity contribution is -0.162. The Labute approximate surface area is 166 Å². The number of ether oxygens (including phenoxy) is 2. The topological polar surface area (TPSA) is 98.9 Å². The molecular weight excluding hydrogens is 384 g/mol. The molecule has 1 aromatic rings. The smallest absolute Gasteiger partial charge is 0.312 e. The quantitative estimate of drug-likeness (QED) is 0.660. The Balaban J connectivity index is 1.77. The SMILES string of the molecule is CCOC(=O)C1(C[C@H]2CCCCO2)CCN(S(=O)(=O)c2c(C)noc2C)CC1. The number of aryl methyl sites for hydroxylation is 2. The second kappa shape index (κ2) is 8.51. The van der Waals surface area contributed by atoms with Crippen LogP contribution in [0.5, 0.6) is 0 Å². The van der Waals surface area contributed by atoms with Gasteiger partial charge in [0.05, 0.1) is 18.1 Å². The molecule has 3 heterocycles. The molecule has 0 N–H and O–H groups in total. The van der Waals surface area contributed by atoms with Gasteiger partial charge in [-0.1, -0.05) is 5.16 Å². The van der Waals surface area contributed by atoms with Gasteiger partial charge in [-0.25, -0.2) is 8.42 Å². The molecule has 2 aliphatic heterocycles. The van der Waals surface area contributed by atoms with E-state index in [1.165, 1.54) is 4.31 Å². The molecule has 3 rings (SSSR count). The molecule has 28 heavy (non-hydrogen) atoms. The molecule has 0 aromatic carbocycles. The van der Waals surface area contributed by atoms with Crippen LogP contribution in [-0.4, -0.2) is 56.3 Å². The van der Waals surface area contributed by atoms with Crippen LogP contribution in [-0.2, 0) is 24.3 Å². The second-order valence-electron chi connectivity index (χ2n) is 7.75. The normalized spacial score (nSPS) is 23.5. The van der Waals surface area contributed by atoms with Crippen molar-refractivity contribution in [2.45, 2.75) is 70.3 Å². The summed E-state index contributed by atoms with van der Waals surface area (Å²) in [7, 11) is -3.71. The maximum absolute atomic E-state index is 13.1. The summed E-state index contributed by atoms with van der Waals surface area (Å²) in [6.07, 6.45) is 4.54. The molecule has 1 aromatic heterocycles. The first-order valence-corrected chi connectivity index (χ1v) is 11.5. The first-order valence-electron chi connectivity index (χ1n) is 10.0. The van der Waals surface area contributed by atoms with E-state index in [4.69, 9.17) is 14.0 Å². The summed E-state index contributed by atoms with van der Waals surface area (Å²) >= 11 is 0. The van der Waals surface area contributed by atoms with Gasteiger partial charge < -0.3 is 14.0 Å². The first-order chi connectivity index (χ1) is 13.3. The Bertz CT molecular complexity index is 770. The Kier molecular flexibility index (Phi) is 6.46. The number of hydrogen-bond acceptors (Lipinski definition) is 7. The van der Waals surface area contributed by atoms with Crippen LogP contribution >= 0.6 is 0 Å². The summed E-state index contributed by atoms with van der Waals surface area (Å²) in [4.78, 5) is 12.9. The maximum atomic E-state index is 13.1. The predicted octanol–water partition coefficient (Wildman–Crippen LogP) is 2.58. The number of aromatic nitrogens is 1. The van der Waals surface area contributed by atoms with Crippen LogP contribution in [0.4, 0.5) is 0 Å². The average Bonchev–Trinajstić information content (AvgIpc) is 3.02. The fourth-order valence-corrected chi connectivity index (χ4v) is 6.04. The largest absolute Gasteiger partial charge is 0.466 e. The van der Waals surface area contributed by atoms with Crippen molar-refractivity contribution in [1.29, 1.82) is 0 Å². The van der Waals surface area contributed by atoms with Gasteiger partial charge in [0.2, 0.25) is 10.0 Å². The van der Waals surface area contributed by atoms with Gasteiger partial charge in [-0.15, -0.1) is 0 Å². The third kappa shape index (κ3) is 4.11. The highest BCUT2D eigenvalue weighted by atomic mass is 32.2. The van der Waals surface area contributed by atoms with E-state index in [1.54, 1.807) is 20.8 Å². The van der Waals surface area contributed by atoms with E-state index in [0.717, 1.165) is 25.9 Å². The molecule has 8 nitrogen and oxygen atoms in total. The first kappa shape index (κ1) is 21.3. The highest BCUT2D eigenvalue weighted by Crippen LogP contribution is 2.41. The highest BCUT2D eigenvalue weighted by molar-refractivity contribution is 7.89. The number of esters is 1. The van der Waals surface area contributed by atoms with Gasteiger partial charge in [-0.3, -0.25) is 4.79 Å². The van der Waals surface area contributed by atoms with E-state index in [1.807, 2.05) is 0 Å². The number of carbonyl (C=O) groups excluding carboxylic acids is 1. The van der Waals surface area contributed by atoms with Crippen LogP contribution in [0, 0.1) is 19.3 Å². The molecule has 0 unspecified atom stereocenters. The lowest BCUT2D eigenvalue weighted by atomic mass is 9.73. The van der Waals surface area contributed by atoms with Crippen molar-refractivity contribution < 1.29 is 27.2 Å². The zero-order chi connectivity index (χ0) is 20.4. The Morgan fingerprint density at radius 3 is 2.54 bits per heavy atom. The fraction of sp³-hybridized carbons (Fsp3) is 0.789. The fourth-order valence-electron chi connectivity index (χ4n) is 4.31. The van der Waals surface area contributed by atoms with Gasteiger partial charge in [0.25, 0.3) is 0 Å². The Hall–Kier alpha value is -1.45. The highest BCUT2D eigenvalue weighted by Gasteiger charge is 2.47. The maximum Gasteiger partial charge on any atom is 0.312 e. The van der Waals surface area contributed by atoms with Crippen LogP contribution < -0.4 is 0 Å². The lowest BCUT2D eigenvalue weighted by Crippen LogP contribution is -2.49. The molecule has 2 aliphatic rings. The van der Waals surface area contributed by atoms with E-state index in [9.17, 15) is 13.2 Å². The van der Waals surface area contributed by atoms with Gasteiger partial charge in [-0.05, 0) is 59.3 Å². The third-order valence-electron chi connectivity index (χ3n) is 5.85. The summed E-state index contributed by atoms with van der Waals surface area (Å²) in [5.74, 6) is 0.0499.